The average molecular weight is 266 g/mol. The van der Waals surface area contributed by atoms with Crippen molar-refractivity contribution < 1.29 is 9.59 Å². The lowest BCUT2D eigenvalue weighted by Crippen LogP contribution is -2.39. The molecule has 0 aliphatic rings. The minimum atomic E-state index is -0.269. The Hall–Kier alpha value is -1.49. The molecule has 18 heavy (non-hydrogen) atoms. The molecule has 0 unspecified atom stereocenters. The monoisotopic (exact) mass is 266 g/mol. The topological polar surface area (TPSA) is 49.4 Å². The molecule has 1 rings (SSSR count). The van der Waals surface area contributed by atoms with Gasteiger partial charge in [-0.2, -0.15) is 0 Å². The summed E-state index contributed by atoms with van der Waals surface area (Å²) in [5.74, 6) is -0.461. The number of hydrogen-bond acceptors (Lipinski definition) is 3. The van der Waals surface area contributed by atoms with Gasteiger partial charge in [0.1, 0.15) is 6.42 Å². The summed E-state index contributed by atoms with van der Waals surface area (Å²) >= 11 is 1.20. The third-order valence-corrected chi connectivity index (χ3v) is 2.78. The molecule has 4 nitrogen and oxygen atoms in total. The van der Waals surface area contributed by atoms with E-state index < -0.39 is 0 Å². The van der Waals surface area contributed by atoms with Crippen molar-refractivity contribution in [1.82, 2.24) is 4.72 Å². The van der Waals surface area contributed by atoms with Crippen molar-refractivity contribution in [2.24, 2.45) is 0 Å². The summed E-state index contributed by atoms with van der Waals surface area (Å²) in [6.07, 6.45) is 1.62. The number of hydrogen-bond donors (Lipinski definition) is 1. The van der Waals surface area contributed by atoms with Crippen molar-refractivity contribution in [3.05, 3.63) is 30.3 Å². The molecule has 0 radical (unpaired) electrons. The molecule has 0 fully saturated rings. The SMILES string of the molecule is CSNC(=O)CC(=O)N(c1ccccc1)C(C)C. The molecule has 0 saturated heterocycles. The lowest BCUT2D eigenvalue weighted by Gasteiger charge is -2.26. The van der Waals surface area contributed by atoms with E-state index in [0.717, 1.165) is 5.69 Å². The van der Waals surface area contributed by atoms with Crippen LogP contribution in [0.2, 0.25) is 0 Å². The summed E-state index contributed by atoms with van der Waals surface area (Å²) in [7, 11) is 0. The first kappa shape index (κ1) is 14.6. The maximum Gasteiger partial charge on any atom is 0.239 e. The van der Waals surface area contributed by atoms with Gasteiger partial charge in [-0.05, 0) is 26.0 Å². The van der Waals surface area contributed by atoms with Gasteiger partial charge in [0.25, 0.3) is 0 Å². The van der Waals surface area contributed by atoms with Crippen LogP contribution in [0.4, 0.5) is 5.69 Å². The van der Waals surface area contributed by atoms with Gasteiger partial charge in [0.2, 0.25) is 11.8 Å². The van der Waals surface area contributed by atoms with Crippen molar-refractivity contribution in [1.29, 1.82) is 0 Å². The standard InChI is InChI=1S/C13H18N2O2S/c1-10(2)15(11-7-5-4-6-8-11)13(17)9-12(16)14-18-3/h4-8,10H,9H2,1-3H3,(H,14,16). The normalized spacial score (nSPS) is 10.2. The van der Waals surface area contributed by atoms with Gasteiger partial charge in [0.15, 0.2) is 0 Å². The number of benzene rings is 1. The van der Waals surface area contributed by atoms with Crippen LogP contribution in [0.3, 0.4) is 0 Å². The molecule has 1 N–H and O–H groups in total. The number of amides is 2. The van der Waals surface area contributed by atoms with Gasteiger partial charge in [-0.25, -0.2) is 0 Å². The fourth-order valence-electron chi connectivity index (χ4n) is 1.69. The van der Waals surface area contributed by atoms with Crippen molar-refractivity contribution in [2.45, 2.75) is 26.3 Å². The number of rotatable bonds is 5. The van der Waals surface area contributed by atoms with Crippen LogP contribution in [0.5, 0.6) is 0 Å². The van der Waals surface area contributed by atoms with E-state index in [0.29, 0.717) is 0 Å². The zero-order valence-electron chi connectivity index (χ0n) is 10.8. The van der Waals surface area contributed by atoms with Gasteiger partial charge >= 0.3 is 0 Å². The number of para-hydroxylation sites is 1. The molecule has 98 valence electrons. The predicted molar refractivity (Wildman–Crippen MR) is 75.3 cm³/mol. The van der Waals surface area contributed by atoms with E-state index in [2.05, 4.69) is 4.72 Å². The maximum atomic E-state index is 12.1. The van der Waals surface area contributed by atoms with Crippen LogP contribution in [0.1, 0.15) is 20.3 Å². The zero-order chi connectivity index (χ0) is 13.5. The molecule has 0 spiro atoms. The van der Waals surface area contributed by atoms with E-state index in [9.17, 15) is 9.59 Å². The van der Waals surface area contributed by atoms with E-state index in [1.807, 2.05) is 44.2 Å². The Morgan fingerprint density at radius 3 is 2.39 bits per heavy atom. The minimum absolute atomic E-state index is 0.0157. The number of nitrogens with zero attached hydrogens (tertiary/aromatic N) is 1. The highest BCUT2D eigenvalue weighted by atomic mass is 32.2. The quantitative estimate of drug-likeness (QED) is 0.656. The van der Waals surface area contributed by atoms with Crippen LogP contribution >= 0.6 is 11.9 Å². The van der Waals surface area contributed by atoms with Crippen LogP contribution in [0.25, 0.3) is 0 Å². The van der Waals surface area contributed by atoms with E-state index in [4.69, 9.17) is 0 Å². The Morgan fingerprint density at radius 1 is 1.28 bits per heavy atom. The Bertz CT molecular complexity index is 407. The number of carbonyl (C=O) groups is 2. The summed E-state index contributed by atoms with van der Waals surface area (Å²) in [4.78, 5) is 25.2. The molecule has 2 amide bonds. The number of anilines is 1. The molecule has 1 aromatic rings. The van der Waals surface area contributed by atoms with E-state index >= 15 is 0 Å². The Labute approximate surface area is 112 Å². The van der Waals surface area contributed by atoms with Gasteiger partial charge in [-0.3, -0.25) is 14.3 Å². The fraction of sp³-hybridized carbons (Fsp3) is 0.385. The van der Waals surface area contributed by atoms with Gasteiger partial charge in [-0.1, -0.05) is 30.1 Å². The summed E-state index contributed by atoms with van der Waals surface area (Å²) in [5.41, 5.74) is 0.814. The van der Waals surface area contributed by atoms with Gasteiger partial charge < -0.3 is 4.90 Å². The molecular formula is C13H18N2O2S. The molecule has 0 aliphatic heterocycles. The predicted octanol–water partition coefficient (Wildman–Crippen LogP) is 2.21. The van der Waals surface area contributed by atoms with E-state index in [1.165, 1.54) is 11.9 Å². The third-order valence-electron chi connectivity index (χ3n) is 2.35. The minimum Gasteiger partial charge on any atom is -0.309 e. The van der Waals surface area contributed by atoms with Crippen LogP contribution in [-0.2, 0) is 9.59 Å². The Balaban J connectivity index is 2.80. The number of nitrogens with one attached hydrogen (secondary N) is 1. The Kier molecular flexibility index (Phi) is 5.71. The molecule has 0 atom stereocenters. The molecule has 0 aliphatic carbocycles. The second-order valence-corrected chi connectivity index (χ2v) is 4.71. The van der Waals surface area contributed by atoms with Gasteiger partial charge in [0, 0.05) is 18.0 Å². The Morgan fingerprint density at radius 2 is 1.89 bits per heavy atom. The first-order valence-electron chi connectivity index (χ1n) is 5.75. The summed E-state index contributed by atoms with van der Waals surface area (Å²) in [6, 6.07) is 9.39. The van der Waals surface area contributed by atoms with Crippen molar-refractivity contribution in [3.63, 3.8) is 0 Å². The van der Waals surface area contributed by atoms with Crippen LogP contribution < -0.4 is 9.62 Å². The van der Waals surface area contributed by atoms with Crippen molar-refractivity contribution in [2.75, 3.05) is 11.2 Å². The zero-order valence-corrected chi connectivity index (χ0v) is 11.7. The highest BCUT2D eigenvalue weighted by Crippen LogP contribution is 2.17. The summed E-state index contributed by atoms with van der Waals surface area (Å²) < 4.78 is 2.55. The first-order valence-corrected chi connectivity index (χ1v) is 6.97. The molecular weight excluding hydrogens is 248 g/mol. The molecule has 0 aromatic heterocycles. The van der Waals surface area contributed by atoms with Gasteiger partial charge in [0.05, 0.1) is 0 Å². The van der Waals surface area contributed by atoms with Crippen LogP contribution in [0.15, 0.2) is 30.3 Å². The number of carbonyl (C=O) groups excluding carboxylic acids is 2. The molecule has 0 saturated carbocycles. The molecule has 0 bridgehead atoms. The lowest BCUT2D eigenvalue weighted by molar-refractivity contribution is -0.126. The molecule has 0 heterocycles. The fourth-order valence-corrected chi connectivity index (χ4v) is 1.99. The second-order valence-electron chi connectivity index (χ2n) is 4.10. The third kappa shape index (κ3) is 4.07. The first-order chi connectivity index (χ1) is 8.56. The smallest absolute Gasteiger partial charge is 0.239 e. The lowest BCUT2D eigenvalue weighted by atomic mass is 10.2. The second kappa shape index (κ2) is 7.06. The van der Waals surface area contributed by atoms with Crippen molar-refractivity contribution in [3.8, 4) is 0 Å². The average Bonchev–Trinajstić information content (AvgIpc) is 2.30. The summed E-state index contributed by atoms with van der Waals surface area (Å²) in [6.45, 7) is 3.86. The van der Waals surface area contributed by atoms with E-state index in [1.54, 1.807) is 11.2 Å². The maximum absolute atomic E-state index is 12.1. The van der Waals surface area contributed by atoms with Crippen LogP contribution in [-0.4, -0.2) is 24.1 Å². The largest absolute Gasteiger partial charge is 0.309 e. The van der Waals surface area contributed by atoms with E-state index in [-0.39, 0.29) is 24.3 Å². The van der Waals surface area contributed by atoms with Crippen molar-refractivity contribution >= 4 is 29.4 Å². The summed E-state index contributed by atoms with van der Waals surface area (Å²) in [5, 5.41) is 0. The van der Waals surface area contributed by atoms with Gasteiger partial charge in [-0.15, -0.1) is 0 Å². The highest BCUT2D eigenvalue weighted by molar-refractivity contribution is 7.97. The molecule has 5 heteroatoms. The van der Waals surface area contributed by atoms with Crippen LogP contribution in [0, 0.1) is 0 Å². The molecule has 1 aromatic carbocycles. The highest BCUT2D eigenvalue weighted by Gasteiger charge is 2.21.